The van der Waals surface area contributed by atoms with Gasteiger partial charge in [0.05, 0.1) is 0 Å². The van der Waals surface area contributed by atoms with Gasteiger partial charge < -0.3 is 9.80 Å². The van der Waals surface area contributed by atoms with Gasteiger partial charge in [0.15, 0.2) is 0 Å². The Morgan fingerprint density at radius 3 is 2.00 bits per heavy atom. The summed E-state index contributed by atoms with van der Waals surface area (Å²) in [5.41, 5.74) is 0. The minimum atomic E-state index is 0.764. The molecule has 102 valence electrons. The highest BCUT2D eigenvalue weighted by atomic mass is 32.1. The summed E-state index contributed by atoms with van der Waals surface area (Å²) < 4.78 is 0. The minimum absolute atomic E-state index is 0.764. The second-order valence-electron chi connectivity index (χ2n) is 5.46. The number of hydrogen-bond donors (Lipinski definition) is 1. The third kappa shape index (κ3) is 4.80. The predicted molar refractivity (Wildman–Crippen MR) is 80.1 cm³/mol. The molecule has 1 saturated carbocycles. The number of hydrogen-bond acceptors (Lipinski definition) is 3. The second kappa shape index (κ2) is 8.39. The van der Waals surface area contributed by atoms with Crippen molar-refractivity contribution in [3.8, 4) is 0 Å². The Bertz CT molecular complexity index is 199. The van der Waals surface area contributed by atoms with Crippen molar-refractivity contribution in [3.63, 3.8) is 0 Å². The van der Waals surface area contributed by atoms with Gasteiger partial charge in [0, 0.05) is 12.1 Å². The van der Waals surface area contributed by atoms with E-state index in [4.69, 9.17) is 0 Å². The SMILES string of the molecule is CCCN(C)C1CCCCC1N(C)CCCS. The summed E-state index contributed by atoms with van der Waals surface area (Å²) in [5.74, 6) is 1.01. The molecule has 0 saturated heterocycles. The van der Waals surface area contributed by atoms with E-state index >= 15 is 0 Å². The van der Waals surface area contributed by atoms with Gasteiger partial charge in [0.1, 0.15) is 0 Å². The minimum Gasteiger partial charge on any atom is -0.302 e. The Morgan fingerprint density at radius 2 is 1.53 bits per heavy atom. The van der Waals surface area contributed by atoms with Gasteiger partial charge in [-0.25, -0.2) is 0 Å². The first-order valence-corrected chi connectivity index (χ1v) is 7.85. The third-order valence-electron chi connectivity index (χ3n) is 4.07. The smallest absolute Gasteiger partial charge is 0.0248 e. The van der Waals surface area contributed by atoms with E-state index in [1.54, 1.807) is 0 Å². The molecular weight excluding hydrogens is 228 g/mol. The highest BCUT2D eigenvalue weighted by Gasteiger charge is 2.30. The molecule has 0 N–H and O–H groups in total. The van der Waals surface area contributed by atoms with E-state index in [-0.39, 0.29) is 0 Å². The van der Waals surface area contributed by atoms with E-state index in [0.29, 0.717) is 0 Å². The van der Waals surface area contributed by atoms with E-state index in [1.165, 1.54) is 51.6 Å². The third-order valence-corrected chi connectivity index (χ3v) is 4.39. The van der Waals surface area contributed by atoms with Crippen LogP contribution in [0.25, 0.3) is 0 Å². The molecule has 3 heteroatoms. The van der Waals surface area contributed by atoms with Gasteiger partial charge in [0.2, 0.25) is 0 Å². The van der Waals surface area contributed by atoms with Crippen LogP contribution in [0.4, 0.5) is 0 Å². The fourth-order valence-corrected chi connectivity index (χ4v) is 3.27. The van der Waals surface area contributed by atoms with Gasteiger partial charge in [-0.15, -0.1) is 0 Å². The lowest BCUT2D eigenvalue weighted by Crippen LogP contribution is -2.51. The number of nitrogens with zero attached hydrogens (tertiary/aromatic N) is 2. The summed E-state index contributed by atoms with van der Waals surface area (Å²) in [5, 5.41) is 0. The Balaban J connectivity index is 2.52. The zero-order chi connectivity index (χ0) is 12.7. The molecule has 2 unspecified atom stereocenters. The maximum atomic E-state index is 4.32. The first-order valence-electron chi connectivity index (χ1n) is 7.22. The monoisotopic (exact) mass is 258 g/mol. The lowest BCUT2D eigenvalue weighted by atomic mass is 9.88. The Hall–Kier alpha value is 0.270. The average Bonchev–Trinajstić information content (AvgIpc) is 2.36. The maximum absolute atomic E-state index is 4.32. The summed E-state index contributed by atoms with van der Waals surface area (Å²) in [6.07, 6.45) is 8.05. The van der Waals surface area contributed by atoms with Gasteiger partial charge in [0.25, 0.3) is 0 Å². The molecule has 2 atom stereocenters. The van der Waals surface area contributed by atoms with E-state index in [2.05, 4.69) is 43.4 Å². The summed E-state index contributed by atoms with van der Waals surface area (Å²) in [6.45, 7) is 4.71. The van der Waals surface area contributed by atoms with Crippen LogP contribution >= 0.6 is 12.6 Å². The summed E-state index contributed by atoms with van der Waals surface area (Å²) >= 11 is 4.32. The second-order valence-corrected chi connectivity index (χ2v) is 5.90. The van der Waals surface area contributed by atoms with Crippen molar-refractivity contribution < 1.29 is 0 Å². The van der Waals surface area contributed by atoms with Crippen molar-refractivity contribution in [3.05, 3.63) is 0 Å². The zero-order valence-electron chi connectivity index (χ0n) is 11.9. The molecule has 0 aromatic heterocycles. The van der Waals surface area contributed by atoms with Gasteiger partial charge in [-0.05, 0) is 58.6 Å². The first kappa shape index (κ1) is 15.3. The number of rotatable bonds is 7. The van der Waals surface area contributed by atoms with Gasteiger partial charge in [-0.3, -0.25) is 0 Å². The van der Waals surface area contributed by atoms with Gasteiger partial charge in [-0.2, -0.15) is 12.6 Å². The fraction of sp³-hybridized carbons (Fsp3) is 1.00. The zero-order valence-corrected chi connectivity index (χ0v) is 12.8. The molecule has 0 spiro atoms. The molecule has 1 aliphatic rings. The average molecular weight is 258 g/mol. The van der Waals surface area contributed by atoms with Crippen molar-refractivity contribution >= 4 is 12.6 Å². The Kier molecular flexibility index (Phi) is 7.56. The van der Waals surface area contributed by atoms with E-state index in [1.807, 2.05) is 0 Å². The predicted octanol–water partition coefficient (Wildman–Crippen LogP) is 2.89. The Morgan fingerprint density at radius 1 is 1.00 bits per heavy atom. The van der Waals surface area contributed by atoms with Gasteiger partial charge in [-0.1, -0.05) is 19.8 Å². The molecule has 17 heavy (non-hydrogen) atoms. The van der Waals surface area contributed by atoms with Crippen molar-refractivity contribution in [1.29, 1.82) is 0 Å². The molecule has 1 rings (SSSR count). The molecule has 0 bridgehead atoms. The maximum Gasteiger partial charge on any atom is 0.0248 e. The normalized spacial score (nSPS) is 25.8. The number of thiol groups is 1. The van der Waals surface area contributed by atoms with Crippen LogP contribution in [0.2, 0.25) is 0 Å². The molecule has 1 fully saturated rings. The van der Waals surface area contributed by atoms with Crippen LogP contribution in [0.1, 0.15) is 45.4 Å². The highest BCUT2D eigenvalue weighted by Crippen LogP contribution is 2.26. The highest BCUT2D eigenvalue weighted by molar-refractivity contribution is 7.80. The van der Waals surface area contributed by atoms with Crippen molar-refractivity contribution in [2.75, 3.05) is 32.9 Å². The first-order chi connectivity index (χ1) is 8.20. The molecule has 2 nitrogen and oxygen atoms in total. The molecule has 0 aliphatic heterocycles. The van der Waals surface area contributed by atoms with E-state index in [9.17, 15) is 0 Å². The van der Waals surface area contributed by atoms with E-state index in [0.717, 1.165) is 17.8 Å². The topological polar surface area (TPSA) is 6.48 Å². The van der Waals surface area contributed by atoms with Crippen LogP contribution in [0.5, 0.6) is 0 Å². The molecule has 0 aromatic rings. The van der Waals surface area contributed by atoms with Crippen LogP contribution in [0.3, 0.4) is 0 Å². The van der Waals surface area contributed by atoms with Crippen LogP contribution in [-0.4, -0.2) is 54.8 Å². The lowest BCUT2D eigenvalue weighted by molar-refractivity contribution is 0.0779. The molecule has 0 heterocycles. The summed E-state index contributed by atoms with van der Waals surface area (Å²) in [4.78, 5) is 5.16. The van der Waals surface area contributed by atoms with E-state index < -0.39 is 0 Å². The standard InChI is InChI=1S/C14H30N2S/c1-4-10-15(2)13-8-5-6-9-14(13)16(3)11-7-12-17/h13-14,17H,4-12H2,1-3H3. The van der Waals surface area contributed by atoms with Crippen molar-refractivity contribution in [1.82, 2.24) is 9.80 Å². The molecule has 1 aliphatic carbocycles. The molecule has 0 amide bonds. The summed E-state index contributed by atoms with van der Waals surface area (Å²) in [6, 6.07) is 1.54. The van der Waals surface area contributed by atoms with Crippen molar-refractivity contribution in [2.45, 2.75) is 57.5 Å². The quantitative estimate of drug-likeness (QED) is 0.702. The lowest BCUT2D eigenvalue weighted by Gasteiger charge is -2.42. The molecule has 0 aromatic carbocycles. The number of likely N-dealkylation sites (N-methyl/N-ethyl adjacent to an activating group) is 2. The molecule has 0 radical (unpaired) electrons. The fourth-order valence-electron chi connectivity index (χ4n) is 3.12. The van der Waals surface area contributed by atoms with Crippen LogP contribution in [0.15, 0.2) is 0 Å². The summed E-state index contributed by atoms with van der Waals surface area (Å²) in [7, 11) is 4.60. The Labute approximate surface area is 113 Å². The van der Waals surface area contributed by atoms with Crippen LogP contribution < -0.4 is 0 Å². The van der Waals surface area contributed by atoms with Gasteiger partial charge >= 0.3 is 0 Å². The largest absolute Gasteiger partial charge is 0.302 e. The molecular formula is C14H30N2S. The van der Waals surface area contributed by atoms with Crippen molar-refractivity contribution in [2.24, 2.45) is 0 Å². The van der Waals surface area contributed by atoms with Crippen LogP contribution in [0, 0.1) is 0 Å². The van der Waals surface area contributed by atoms with Crippen LogP contribution in [-0.2, 0) is 0 Å².